The zero-order valence-corrected chi connectivity index (χ0v) is 15.4. The van der Waals surface area contributed by atoms with E-state index in [-0.39, 0.29) is 23.7 Å². The van der Waals surface area contributed by atoms with E-state index >= 15 is 0 Å². The van der Waals surface area contributed by atoms with Gasteiger partial charge in [0, 0.05) is 5.39 Å². The predicted molar refractivity (Wildman–Crippen MR) is 102 cm³/mol. The van der Waals surface area contributed by atoms with Crippen LogP contribution in [0.3, 0.4) is 0 Å². The maximum atomic E-state index is 12.9. The van der Waals surface area contributed by atoms with Crippen molar-refractivity contribution >= 4 is 22.6 Å². The van der Waals surface area contributed by atoms with Gasteiger partial charge in [-0.05, 0) is 37.6 Å². The Bertz CT molecular complexity index is 1090. The first-order valence-corrected chi connectivity index (χ1v) is 8.72. The number of halogens is 1. The molecule has 0 radical (unpaired) electrons. The van der Waals surface area contributed by atoms with E-state index in [0.29, 0.717) is 16.3 Å². The van der Waals surface area contributed by atoms with E-state index in [1.54, 1.807) is 38.1 Å². The maximum Gasteiger partial charge on any atom is 0.290 e. The number of rotatable bonds is 4. The Morgan fingerprint density at radius 2 is 1.68 bits per heavy atom. The molecule has 28 heavy (non-hydrogen) atoms. The SMILES string of the molecule is CC(C)n1nc(C(=O)NNC(=O)Cc2ccc(F)cc2)c2ccccc2c1=O. The van der Waals surface area contributed by atoms with Crippen molar-refractivity contribution in [1.29, 1.82) is 0 Å². The smallest absolute Gasteiger partial charge is 0.273 e. The van der Waals surface area contributed by atoms with Crippen molar-refractivity contribution in [2.24, 2.45) is 0 Å². The van der Waals surface area contributed by atoms with E-state index in [9.17, 15) is 18.8 Å². The van der Waals surface area contributed by atoms with Gasteiger partial charge in [0.15, 0.2) is 5.69 Å². The van der Waals surface area contributed by atoms with E-state index in [4.69, 9.17) is 0 Å². The molecule has 0 aliphatic heterocycles. The van der Waals surface area contributed by atoms with E-state index in [1.165, 1.54) is 28.9 Å². The van der Waals surface area contributed by atoms with Gasteiger partial charge in [-0.25, -0.2) is 9.07 Å². The molecule has 3 rings (SSSR count). The molecule has 2 amide bonds. The molecule has 0 atom stereocenters. The van der Waals surface area contributed by atoms with Gasteiger partial charge in [0.2, 0.25) is 5.91 Å². The van der Waals surface area contributed by atoms with Crippen LogP contribution in [0.4, 0.5) is 4.39 Å². The number of benzene rings is 2. The third-order valence-electron chi connectivity index (χ3n) is 4.13. The highest BCUT2D eigenvalue weighted by Crippen LogP contribution is 2.14. The molecule has 0 aliphatic carbocycles. The minimum atomic E-state index is -0.641. The molecule has 1 aromatic heterocycles. The van der Waals surface area contributed by atoms with Gasteiger partial charge in [-0.1, -0.05) is 30.3 Å². The maximum absolute atomic E-state index is 12.9. The molecule has 2 N–H and O–H groups in total. The monoisotopic (exact) mass is 382 g/mol. The van der Waals surface area contributed by atoms with E-state index in [0.717, 1.165) is 0 Å². The molecule has 144 valence electrons. The Labute approximate surface area is 160 Å². The fourth-order valence-corrected chi connectivity index (χ4v) is 2.74. The number of aromatic nitrogens is 2. The minimum absolute atomic E-state index is 0.0276. The van der Waals surface area contributed by atoms with Crippen LogP contribution in [0, 0.1) is 5.82 Å². The number of hydrazine groups is 1. The van der Waals surface area contributed by atoms with Crippen molar-refractivity contribution in [2.45, 2.75) is 26.3 Å². The lowest BCUT2D eigenvalue weighted by Crippen LogP contribution is -2.43. The highest BCUT2D eigenvalue weighted by molar-refractivity contribution is 6.05. The minimum Gasteiger partial charge on any atom is -0.273 e. The Hall–Kier alpha value is -3.55. The summed E-state index contributed by atoms with van der Waals surface area (Å²) in [4.78, 5) is 37.1. The quantitative estimate of drug-likeness (QED) is 0.676. The van der Waals surface area contributed by atoms with Crippen LogP contribution in [0.15, 0.2) is 53.3 Å². The Kier molecular flexibility index (Phi) is 5.49. The highest BCUT2D eigenvalue weighted by Gasteiger charge is 2.18. The van der Waals surface area contributed by atoms with Gasteiger partial charge in [0.1, 0.15) is 5.82 Å². The van der Waals surface area contributed by atoms with E-state index < -0.39 is 17.6 Å². The molecule has 0 unspecified atom stereocenters. The molecule has 1 heterocycles. The summed E-state index contributed by atoms with van der Waals surface area (Å²) < 4.78 is 14.2. The normalized spacial score (nSPS) is 10.9. The topological polar surface area (TPSA) is 93.1 Å². The first-order chi connectivity index (χ1) is 13.4. The Morgan fingerprint density at radius 1 is 1.04 bits per heavy atom. The van der Waals surface area contributed by atoms with Crippen molar-refractivity contribution in [3.05, 3.63) is 76.0 Å². The van der Waals surface area contributed by atoms with Gasteiger partial charge in [-0.3, -0.25) is 25.2 Å². The lowest BCUT2D eigenvalue weighted by atomic mass is 10.1. The lowest BCUT2D eigenvalue weighted by molar-refractivity contribution is -0.121. The molecule has 0 saturated carbocycles. The second-order valence-corrected chi connectivity index (χ2v) is 6.54. The summed E-state index contributed by atoms with van der Waals surface area (Å²) in [6.45, 7) is 3.57. The van der Waals surface area contributed by atoms with Gasteiger partial charge >= 0.3 is 0 Å². The third kappa shape index (κ3) is 4.06. The largest absolute Gasteiger partial charge is 0.290 e. The van der Waals surface area contributed by atoms with Crippen LogP contribution in [-0.4, -0.2) is 21.6 Å². The first kappa shape index (κ1) is 19.2. The molecule has 0 spiro atoms. The van der Waals surface area contributed by atoms with Crippen LogP contribution in [-0.2, 0) is 11.2 Å². The van der Waals surface area contributed by atoms with Crippen LogP contribution < -0.4 is 16.4 Å². The number of hydrogen-bond acceptors (Lipinski definition) is 4. The zero-order chi connectivity index (χ0) is 20.3. The zero-order valence-electron chi connectivity index (χ0n) is 15.4. The third-order valence-corrected chi connectivity index (χ3v) is 4.13. The Morgan fingerprint density at radius 3 is 2.32 bits per heavy atom. The van der Waals surface area contributed by atoms with Crippen molar-refractivity contribution in [3.8, 4) is 0 Å². The Balaban J connectivity index is 1.79. The summed E-state index contributed by atoms with van der Waals surface area (Å²) in [6, 6.07) is 11.9. The average molecular weight is 382 g/mol. The van der Waals surface area contributed by atoms with Gasteiger partial charge in [0.25, 0.3) is 11.5 Å². The average Bonchev–Trinajstić information content (AvgIpc) is 2.68. The first-order valence-electron chi connectivity index (χ1n) is 8.72. The van der Waals surface area contributed by atoms with Crippen LogP contribution in [0.25, 0.3) is 10.8 Å². The second-order valence-electron chi connectivity index (χ2n) is 6.54. The summed E-state index contributed by atoms with van der Waals surface area (Å²) >= 11 is 0. The number of carbonyl (C=O) groups is 2. The molecule has 3 aromatic rings. The van der Waals surface area contributed by atoms with Crippen LogP contribution in [0.2, 0.25) is 0 Å². The van der Waals surface area contributed by atoms with Crippen molar-refractivity contribution in [2.75, 3.05) is 0 Å². The van der Waals surface area contributed by atoms with Crippen LogP contribution in [0.1, 0.15) is 35.9 Å². The predicted octanol–water partition coefficient (Wildman–Crippen LogP) is 2.12. The van der Waals surface area contributed by atoms with Gasteiger partial charge in [0.05, 0.1) is 17.8 Å². The standard InChI is InChI=1S/C20H19FN4O3/c1-12(2)25-20(28)16-6-4-3-5-15(16)18(24-25)19(27)23-22-17(26)11-13-7-9-14(21)10-8-13/h3-10,12H,11H2,1-2H3,(H,22,26)(H,23,27). The lowest BCUT2D eigenvalue weighted by Gasteiger charge is -2.13. The second kappa shape index (κ2) is 7.99. The summed E-state index contributed by atoms with van der Waals surface area (Å²) in [7, 11) is 0. The number of amides is 2. The van der Waals surface area contributed by atoms with Crippen LogP contribution in [0.5, 0.6) is 0 Å². The van der Waals surface area contributed by atoms with Crippen molar-refractivity contribution in [3.63, 3.8) is 0 Å². The van der Waals surface area contributed by atoms with Gasteiger partial charge in [-0.15, -0.1) is 0 Å². The van der Waals surface area contributed by atoms with E-state index in [2.05, 4.69) is 16.0 Å². The molecule has 8 heteroatoms. The molecule has 7 nitrogen and oxygen atoms in total. The van der Waals surface area contributed by atoms with Gasteiger partial charge < -0.3 is 0 Å². The summed E-state index contributed by atoms with van der Waals surface area (Å²) in [6.07, 6.45) is -0.0276. The van der Waals surface area contributed by atoms with Crippen LogP contribution >= 0.6 is 0 Å². The number of nitrogens with zero attached hydrogens (tertiary/aromatic N) is 2. The number of hydrogen-bond donors (Lipinski definition) is 2. The summed E-state index contributed by atoms with van der Waals surface area (Å²) in [5.41, 5.74) is 4.98. The molecular formula is C20H19FN4O3. The van der Waals surface area contributed by atoms with E-state index in [1.807, 2.05) is 0 Å². The highest BCUT2D eigenvalue weighted by atomic mass is 19.1. The molecular weight excluding hydrogens is 363 g/mol. The number of carbonyl (C=O) groups excluding carboxylic acids is 2. The molecule has 0 fully saturated rings. The molecule has 2 aromatic carbocycles. The summed E-state index contributed by atoms with van der Waals surface area (Å²) in [5, 5.41) is 4.94. The summed E-state index contributed by atoms with van der Waals surface area (Å²) in [5.74, 6) is -1.50. The van der Waals surface area contributed by atoms with Crippen molar-refractivity contribution in [1.82, 2.24) is 20.6 Å². The number of fused-ring (bicyclic) bond motifs is 1. The number of nitrogens with one attached hydrogen (secondary N) is 2. The molecule has 0 aliphatic rings. The fourth-order valence-electron chi connectivity index (χ4n) is 2.74. The van der Waals surface area contributed by atoms with Crippen molar-refractivity contribution < 1.29 is 14.0 Å². The molecule has 0 bridgehead atoms. The fraction of sp³-hybridized carbons (Fsp3) is 0.200. The van der Waals surface area contributed by atoms with Gasteiger partial charge in [-0.2, -0.15) is 5.10 Å². The molecule has 0 saturated heterocycles.